The monoisotopic (exact) mass is 428 g/mol. The molecule has 7 nitrogen and oxygen atoms in total. The zero-order valence-electron chi connectivity index (χ0n) is 18.3. The lowest BCUT2D eigenvalue weighted by Gasteiger charge is -2.34. The summed E-state index contributed by atoms with van der Waals surface area (Å²) in [4.78, 5) is 38.1. The minimum absolute atomic E-state index is 0.0849. The number of carbonyl (C=O) groups excluding carboxylic acids is 2. The Morgan fingerprint density at radius 1 is 1.19 bits per heavy atom. The Bertz CT molecular complexity index is 916. The predicted octanol–water partition coefficient (Wildman–Crippen LogP) is 3.54. The van der Waals surface area contributed by atoms with Gasteiger partial charge in [0.1, 0.15) is 11.6 Å². The number of hydrogen-bond acceptors (Lipinski definition) is 5. The number of benzene rings is 1. The van der Waals surface area contributed by atoms with Gasteiger partial charge in [0, 0.05) is 25.8 Å². The van der Waals surface area contributed by atoms with E-state index >= 15 is 0 Å². The van der Waals surface area contributed by atoms with Gasteiger partial charge in [-0.25, -0.2) is 14.4 Å². The van der Waals surface area contributed by atoms with Gasteiger partial charge in [0.2, 0.25) is 0 Å². The van der Waals surface area contributed by atoms with Gasteiger partial charge in [0.25, 0.3) is 11.8 Å². The van der Waals surface area contributed by atoms with E-state index in [1.807, 2.05) is 13.8 Å². The molecule has 0 saturated carbocycles. The molecule has 166 valence electrons. The molecule has 3 rings (SSSR count). The molecule has 2 amide bonds. The summed E-state index contributed by atoms with van der Waals surface area (Å²) in [6.07, 6.45) is 4.20. The molecular formula is C23H29FN4O3. The highest BCUT2D eigenvalue weighted by Crippen LogP contribution is 2.29. The van der Waals surface area contributed by atoms with Gasteiger partial charge in [0.15, 0.2) is 12.4 Å². The third-order valence-corrected chi connectivity index (χ3v) is 5.58. The number of ether oxygens (including phenoxy) is 1. The molecular weight excluding hydrogens is 399 g/mol. The molecule has 1 saturated heterocycles. The van der Waals surface area contributed by atoms with Crippen LogP contribution in [-0.2, 0) is 4.79 Å². The van der Waals surface area contributed by atoms with Crippen LogP contribution in [0.5, 0.6) is 5.75 Å². The van der Waals surface area contributed by atoms with E-state index in [1.165, 1.54) is 24.3 Å². The third-order valence-electron chi connectivity index (χ3n) is 5.58. The SMILES string of the molecule is CCN(CC)C(=O)c1cnc(C2CCCCN2C(=O)COc2ccc(F)cc2)nc1C. The molecule has 0 spiro atoms. The molecule has 1 aromatic carbocycles. The molecule has 1 aromatic heterocycles. The molecule has 1 atom stereocenters. The highest BCUT2D eigenvalue weighted by molar-refractivity contribution is 5.94. The average molecular weight is 429 g/mol. The predicted molar refractivity (Wildman–Crippen MR) is 114 cm³/mol. The fraction of sp³-hybridized carbons (Fsp3) is 0.478. The number of nitrogens with zero attached hydrogens (tertiary/aromatic N) is 4. The van der Waals surface area contributed by atoms with Gasteiger partial charge in [-0.15, -0.1) is 0 Å². The molecule has 8 heteroatoms. The normalized spacial score (nSPS) is 16.1. The minimum atomic E-state index is -0.356. The lowest BCUT2D eigenvalue weighted by atomic mass is 10.0. The van der Waals surface area contributed by atoms with Crippen LogP contribution in [0.2, 0.25) is 0 Å². The van der Waals surface area contributed by atoms with Crippen LogP contribution in [0.25, 0.3) is 0 Å². The zero-order valence-corrected chi connectivity index (χ0v) is 18.3. The van der Waals surface area contributed by atoms with E-state index in [2.05, 4.69) is 9.97 Å². The van der Waals surface area contributed by atoms with Crippen molar-refractivity contribution in [1.29, 1.82) is 0 Å². The van der Waals surface area contributed by atoms with Crippen molar-refractivity contribution in [2.75, 3.05) is 26.2 Å². The summed E-state index contributed by atoms with van der Waals surface area (Å²) < 4.78 is 18.6. The summed E-state index contributed by atoms with van der Waals surface area (Å²) in [5, 5.41) is 0. The Kier molecular flexibility index (Phi) is 7.55. The van der Waals surface area contributed by atoms with E-state index in [1.54, 1.807) is 22.9 Å². The maximum atomic E-state index is 13.0. The van der Waals surface area contributed by atoms with E-state index in [4.69, 9.17) is 4.74 Å². The molecule has 1 fully saturated rings. The topological polar surface area (TPSA) is 75.6 Å². The molecule has 1 aliphatic rings. The van der Waals surface area contributed by atoms with Crippen LogP contribution in [0.3, 0.4) is 0 Å². The highest BCUT2D eigenvalue weighted by Gasteiger charge is 2.31. The van der Waals surface area contributed by atoms with E-state index in [-0.39, 0.29) is 30.3 Å². The fourth-order valence-corrected chi connectivity index (χ4v) is 3.79. The van der Waals surface area contributed by atoms with Gasteiger partial charge in [-0.1, -0.05) is 0 Å². The second-order valence-electron chi connectivity index (χ2n) is 7.55. The lowest BCUT2D eigenvalue weighted by Crippen LogP contribution is -2.42. The Morgan fingerprint density at radius 3 is 2.55 bits per heavy atom. The standard InChI is InChI=1S/C23H29FN4O3/c1-4-27(5-2)23(30)19-14-25-22(26-16(19)3)20-8-6-7-13-28(20)21(29)15-31-18-11-9-17(24)10-12-18/h9-12,14,20H,4-8,13,15H2,1-3H3. The Balaban J connectivity index is 1.73. The second-order valence-corrected chi connectivity index (χ2v) is 7.55. The molecule has 1 unspecified atom stereocenters. The Hall–Kier alpha value is -3.03. The molecule has 1 aliphatic heterocycles. The van der Waals surface area contributed by atoms with E-state index in [9.17, 15) is 14.0 Å². The van der Waals surface area contributed by atoms with E-state index in [0.717, 1.165) is 19.3 Å². The summed E-state index contributed by atoms with van der Waals surface area (Å²) in [5.41, 5.74) is 1.10. The zero-order chi connectivity index (χ0) is 22.4. The maximum absolute atomic E-state index is 13.0. The first-order valence-electron chi connectivity index (χ1n) is 10.7. The van der Waals surface area contributed by atoms with Gasteiger partial charge in [-0.3, -0.25) is 9.59 Å². The van der Waals surface area contributed by atoms with Crippen LogP contribution in [0.4, 0.5) is 4.39 Å². The van der Waals surface area contributed by atoms with Crippen LogP contribution in [0, 0.1) is 12.7 Å². The summed E-state index contributed by atoms with van der Waals surface area (Å²) >= 11 is 0. The quantitative estimate of drug-likeness (QED) is 0.674. The number of carbonyl (C=O) groups is 2. The first kappa shape index (κ1) is 22.7. The largest absolute Gasteiger partial charge is 0.484 e. The Labute approximate surface area is 182 Å². The van der Waals surface area contributed by atoms with Crippen molar-refractivity contribution in [3.8, 4) is 5.75 Å². The second kappa shape index (κ2) is 10.3. The van der Waals surface area contributed by atoms with Gasteiger partial charge in [-0.2, -0.15) is 0 Å². The van der Waals surface area contributed by atoms with Crippen molar-refractivity contribution in [2.45, 2.75) is 46.1 Å². The van der Waals surface area contributed by atoms with Gasteiger partial charge >= 0.3 is 0 Å². The molecule has 2 aromatic rings. The summed E-state index contributed by atoms with van der Waals surface area (Å²) in [6.45, 7) is 7.37. The number of piperidine rings is 1. The first-order chi connectivity index (χ1) is 14.9. The number of aryl methyl sites for hydroxylation is 1. The van der Waals surface area contributed by atoms with Crippen molar-refractivity contribution >= 4 is 11.8 Å². The minimum Gasteiger partial charge on any atom is -0.484 e. The van der Waals surface area contributed by atoms with Crippen LogP contribution in [0.15, 0.2) is 30.5 Å². The summed E-state index contributed by atoms with van der Waals surface area (Å²) in [6, 6.07) is 5.32. The van der Waals surface area contributed by atoms with Crippen LogP contribution >= 0.6 is 0 Å². The van der Waals surface area contributed by atoms with Crippen molar-refractivity contribution in [2.24, 2.45) is 0 Å². The fourth-order valence-electron chi connectivity index (χ4n) is 3.79. The number of halogens is 1. The Morgan fingerprint density at radius 2 is 1.90 bits per heavy atom. The average Bonchev–Trinajstić information content (AvgIpc) is 2.79. The molecule has 0 aliphatic carbocycles. The number of rotatable bonds is 7. The van der Waals surface area contributed by atoms with Crippen molar-refractivity contribution in [3.63, 3.8) is 0 Å². The van der Waals surface area contributed by atoms with Crippen molar-refractivity contribution in [1.82, 2.24) is 19.8 Å². The van der Waals surface area contributed by atoms with Gasteiger partial charge < -0.3 is 14.5 Å². The molecule has 0 radical (unpaired) electrons. The number of aromatic nitrogens is 2. The summed E-state index contributed by atoms with van der Waals surface area (Å²) in [7, 11) is 0. The van der Waals surface area contributed by atoms with Crippen molar-refractivity contribution in [3.05, 3.63) is 53.4 Å². The number of hydrogen-bond donors (Lipinski definition) is 0. The van der Waals surface area contributed by atoms with E-state index < -0.39 is 0 Å². The molecule has 0 bridgehead atoms. The molecule has 0 N–H and O–H groups in total. The molecule has 31 heavy (non-hydrogen) atoms. The summed E-state index contributed by atoms with van der Waals surface area (Å²) in [5.74, 6) is 0.375. The number of amides is 2. The van der Waals surface area contributed by atoms with Gasteiger partial charge in [0.05, 0.1) is 17.3 Å². The van der Waals surface area contributed by atoms with Crippen LogP contribution in [-0.4, -0.2) is 57.8 Å². The number of likely N-dealkylation sites (tertiary alicyclic amines) is 1. The highest BCUT2D eigenvalue weighted by atomic mass is 19.1. The van der Waals surface area contributed by atoms with Gasteiger partial charge in [-0.05, 0) is 64.3 Å². The first-order valence-corrected chi connectivity index (χ1v) is 10.7. The van der Waals surface area contributed by atoms with E-state index in [0.29, 0.717) is 42.5 Å². The molecule has 2 heterocycles. The third kappa shape index (κ3) is 5.37. The van der Waals surface area contributed by atoms with Crippen molar-refractivity contribution < 1.29 is 18.7 Å². The smallest absolute Gasteiger partial charge is 0.261 e. The van der Waals surface area contributed by atoms with Crippen LogP contribution < -0.4 is 4.74 Å². The maximum Gasteiger partial charge on any atom is 0.261 e. The van der Waals surface area contributed by atoms with Crippen LogP contribution in [0.1, 0.15) is 61.0 Å². The lowest BCUT2D eigenvalue weighted by molar-refractivity contribution is -0.137.